The zero-order chi connectivity index (χ0) is 36.6. The Balaban J connectivity index is 1.81. The number of esters is 2. The van der Waals surface area contributed by atoms with E-state index >= 15 is 4.39 Å². The summed E-state index contributed by atoms with van der Waals surface area (Å²) in [6, 6.07) is 4.01. The maximum absolute atomic E-state index is 16.0. The number of halogens is 1. The normalized spacial score (nSPS) is 22.2. The topological polar surface area (TPSA) is 223 Å². The second-order valence-electron chi connectivity index (χ2n) is 11.2. The van der Waals surface area contributed by atoms with Gasteiger partial charge in [0.1, 0.15) is 24.0 Å². The molecular formula is C29H40FN4O14P. The maximum atomic E-state index is 16.0. The lowest BCUT2D eigenvalue weighted by Crippen LogP contribution is -2.48. The second kappa shape index (κ2) is 16.9. The van der Waals surface area contributed by atoms with Crippen molar-refractivity contribution in [1.82, 2.24) is 14.5 Å². The van der Waals surface area contributed by atoms with Crippen molar-refractivity contribution in [2.75, 3.05) is 32.1 Å². The molecule has 3 rings (SSSR count). The summed E-state index contributed by atoms with van der Waals surface area (Å²) in [6.45, 7) is 3.55. The van der Waals surface area contributed by atoms with Crippen LogP contribution in [0, 0.1) is 0 Å². The number of nitrogens with zero attached hydrogens (tertiary/aromatic N) is 3. The SMILES string of the molecule is COCC(NC(=O)OC)C(=O)OCn1c(=O)ccn([C@@H]2O[C@H](CO[PH](=O)N(c3ccccc3O)[C@@H](C)C(=O)OC(C)C)[C@@H](O)[C@@]2(C)F)c1=O. The number of rotatable bonds is 15. The number of aliphatic hydroxyl groups excluding tert-OH is 1. The Bertz CT molecular complexity index is 1630. The Morgan fingerprint density at radius 2 is 1.82 bits per heavy atom. The molecule has 2 aromatic rings. The summed E-state index contributed by atoms with van der Waals surface area (Å²) in [7, 11) is -1.15. The van der Waals surface area contributed by atoms with Crippen molar-refractivity contribution >= 4 is 31.9 Å². The Labute approximate surface area is 280 Å². The molecule has 272 valence electrons. The van der Waals surface area contributed by atoms with E-state index in [4.69, 9.17) is 23.5 Å². The van der Waals surface area contributed by atoms with E-state index in [-0.39, 0.29) is 18.0 Å². The number of hydrogen-bond acceptors (Lipinski definition) is 14. The number of aromatic nitrogens is 2. The second-order valence-corrected chi connectivity index (χ2v) is 12.5. The van der Waals surface area contributed by atoms with Crippen LogP contribution in [0.15, 0.2) is 46.1 Å². The van der Waals surface area contributed by atoms with Gasteiger partial charge in [-0.25, -0.2) is 28.1 Å². The summed E-state index contributed by atoms with van der Waals surface area (Å²) in [6.07, 6.45) is -5.91. The van der Waals surface area contributed by atoms with E-state index in [1.807, 2.05) is 0 Å². The molecule has 0 saturated carbocycles. The number of aliphatic hydroxyl groups is 1. The molecule has 2 unspecified atom stereocenters. The third-order valence-corrected chi connectivity index (χ3v) is 8.72. The fourth-order valence-corrected chi connectivity index (χ4v) is 5.99. The number of carbonyl (C=O) groups is 3. The summed E-state index contributed by atoms with van der Waals surface area (Å²) in [4.78, 5) is 62.6. The molecule has 1 aromatic carbocycles. The number of alkyl halides is 1. The molecule has 1 amide bonds. The number of alkyl carbamates (subject to hydrolysis) is 1. The number of amides is 1. The minimum absolute atomic E-state index is 0.0233. The first kappa shape index (κ1) is 39.2. The molecule has 0 spiro atoms. The highest BCUT2D eigenvalue weighted by molar-refractivity contribution is 7.41. The number of ether oxygens (including phenoxy) is 5. The van der Waals surface area contributed by atoms with E-state index in [1.54, 1.807) is 13.8 Å². The summed E-state index contributed by atoms with van der Waals surface area (Å²) in [5.74, 6) is -2.19. The molecule has 1 aliphatic heterocycles. The van der Waals surface area contributed by atoms with Gasteiger partial charge in [0, 0.05) is 19.4 Å². The van der Waals surface area contributed by atoms with Crippen LogP contribution in [0.4, 0.5) is 14.9 Å². The Morgan fingerprint density at radius 1 is 1.14 bits per heavy atom. The van der Waals surface area contributed by atoms with E-state index in [2.05, 4.69) is 10.1 Å². The summed E-state index contributed by atoms with van der Waals surface area (Å²) < 4.78 is 62.3. The average Bonchev–Trinajstić information content (AvgIpc) is 3.27. The predicted octanol–water partition coefficient (Wildman–Crippen LogP) is 0.827. The van der Waals surface area contributed by atoms with Gasteiger partial charge in [-0.15, -0.1) is 0 Å². The minimum atomic E-state index is -3.46. The number of para-hydroxylation sites is 2. The van der Waals surface area contributed by atoms with Crippen LogP contribution >= 0.6 is 8.18 Å². The number of nitrogens with one attached hydrogen (secondary N) is 1. The monoisotopic (exact) mass is 718 g/mol. The van der Waals surface area contributed by atoms with E-state index in [9.17, 15) is 38.8 Å². The van der Waals surface area contributed by atoms with Gasteiger partial charge in [0.2, 0.25) is 0 Å². The number of aromatic hydroxyl groups is 1. The van der Waals surface area contributed by atoms with E-state index in [0.29, 0.717) is 9.13 Å². The average molecular weight is 719 g/mol. The molecule has 2 heterocycles. The number of hydrogen-bond donors (Lipinski definition) is 3. The molecule has 3 N–H and O–H groups in total. The van der Waals surface area contributed by atoms with Crippen molar-refractivity contribution in [3.05, 3.63) is 57.4 Å². The third-order valence-electron chi connectivity index (χ3n) is 7.29. The first-order chi connectivity index (χ1) is 23.0. The number of methoxy groups -OCH3 is 2. The van der Waals surface area contributed by atoms with Gasteiger partial charge in [0.15, 0.2) is 24.7 Å². The third kappa shape index (κ3) is 9.24. The molecule has 1 aliphatic rings. The van der Waals surface area contributed by atoms with Gasteiger partial charge < -0.3 is 43.7 Å². The summed E-state index contributed by atoms with van der Waals surface area (Å²) in [5.41, 5.74) is -4.84. The minimum Gasteiger partial charge on any atom is -0.506 e. The Kier molecular flexibility index (Phi) is 13.5. The molecule has 1 saturated heterocycles. The van der Waals surface area contributed by atoms with Gasteiger partial charge >= 0.3 is 23.7 Å². The fourth-order valence-electron chi connectivity index (χ4n) is 4.74. The molecule has 0 radical (unpaired) electrons. The number of phenols is 1. The molecule has 1 aromatic heterocycles. The molecular weight excluding hydrogens is 678 g/mol. The number of carbonyl (C=O) groups excluding carboxylic acids is 3. The van der Waals surface area contributed by atoms with Crippen LogP contribution in [0.2, 0.25) is 0 Å². The standard InChI is InChI=1S/C29H40FN4O14P/c1-16(2)47-24(38)17(3)34(19-9-7-8-10-20(19)35)49(42)46-14-21-23(37)29(4,30)26(48-21)32-12-11-22(36)33(28(32)41)15-45-25(39)18(13-43-5)31-27(40)44-6/h7-12,16-18,21,23,26,35,37,49H,13-15H2,1-6H3,(H,31,40)/t17-,18?,21+,23+,26+,29+/m0/s1. The van der Waals surface area contributed by atoms with Crippen LogP contribution < -0.4 is 21.2 Å². The zero-order valence-corrected chi connectivity index (χ0v) is 28.6. The Hall–Kier alpha value is -4.29. The highest BCUT2D eigenvalue weighted by Crippen LogP contribution is 2.44. The van der Waals surface area contributed by atoms with E-state index < -0.39 is 93.1 Å². The van der Waals surface area contributed by atoms with Gasteiger partial charge in [-0.1, -0.05) is 12.1 Å². The first-order valence-corrected chi connectivity index (χ1v) is 16.1. The number of anilines is 1. The van der Waals surface area contributed by atoms with Gasteiger partial charge in [0.25, 0.3) is 13.7 Å². The molecule has 0 bridgehead atoms. The lowest BCUT2D eigenvalue weighted by Gasteiger charge is -2.30. The van der Waals surface area contributed by atoms with Crippen LogP contribution in [0.1, 0.15) is 33.9 Å². The smallest absolute Gasteiger partial charge is 0.407 e. The molecule has 20 heteroatoms. The number of benzene rings is 1. The molecule has 18 nitrogen and oxygen atoms in total. The van der Waals surface area contributed by atoms with Crippen LogP contribution in [0.25, 0.3) is 0 Å². The highest BCUT2D eigenvalue weighted by Gasteiger charge is 2.55. The maximum Gasteiger partial charge on any atom is 0.407 e. The lowest BCUT2D eigenvalue weighted by molar-refractivity contribution is -0.151. The molecule has 49 heavy (non-hydrogen) atoms. The lowest BCUT2D eigenvalue weighted by atomic mass is 9.98. The van der Waals surface area contributed by atoms with Gasteiger partial charge in [-0.05, 0) is 39.8 Å². The molecule has 7 atom stereocenters. The Morgan fingerprint density at radius 3 is 2.43 bits per heavy atom. The van der Waals surface area contributed by atoms with Crippen molar-refractivity contribution < 1.29 is 61.8 Å². The van der Waals surface area contributed by atoms with Crippen molar-refractivity contribution in [3.63, 3.8) is 0 Å². The molecule has 0 aliphatic carbocycles. The van der Waals surface area contributed by atoms with Crippen LogP contribution in [-0.4, -0.2) is 101 Å². The van der Waals surface area contributed by atoms with Crippen LogP contribution in [-0.2, 0) is 49.1 Å². The fraction of sp³-hybridized carbons (Fsp3) is 0.552. The first-order valence-electron chi connectivity index (χ1n) is 14.8. The van der Waals surface area contributed by atoms with Crippen molar-refractivity contribution in [1.29, 1.82) is 0 Å². The quantitative estimate of drug-likeness (QED) is 0.132. The van der Waals surface area contributed by atoms with Gasteiger partial charge in [0.05, 0.1) is 32.1 Å². The molecule has 1 fully saturated rings. The summed E-state index contributed by atoms with van der Waals surface area (Å²) >= 11 is 0. The van der Waals surface area contributed by atoms with Crippen LogP contribution in [0.5, 0.6) is 5.75 Å². The largest absolute Gasteiger partial charge is 0.506 e. The van der Waals surface area contributed by atoms with Crippen LogP contribution in [0.3, 0.4) is 0 Å². The van der Waals surface area contributed by atoms with Crippen molar-refractivity contribution in [2.45, 2.75) is 76.7 Å². The number of phenolic OH excluding ortho intramolecular Hbond substituents is 1. The zero-order valence-electron chi connectivity index (χ0n) is 27.6. The van der Waals surface area contributed by atoms with Crippen molar-refractivity contribution in [3.8, 4) is 5.75 Å². The van der Waals surface area contributed by atoms with E-state index in [0.717, 1.165) is 31.0 Å². The van der Waals surface area contributed by atoms with Crippen molar-refractivity contribution in [2.24, 2.45) is 0 Å². The van der Waals surface area contributed by atoms with E-state index in [1.165, 1.54) is 38.3 Å². The predicted molar refractivity (Wildman–Crippen MR) is 168 cm³/mol. The van der Waals surface area contributed by atoms with Gasteiger partial charge in [-0.3, -0.25) is 18.6 Å². The summed E-state index contributed by atoms with van der Waals surface area (Å²) in [5, 5.41) is 23.4. The highest BCUT2D eigenvalue weighted by atomic mass is 31.1. The van der Waals surface area contributed by atoms with Gasteiger partial charge in [-0.2, -0.15) is 0 Å².